The number of amides is 2. The number of likely N-dealkylation sites (tertiary alicyclic amines) is 1. The fraction of sp³-hybridized carbons (Fsp3) is 0.450. The number of ether oxygens (including phenoxy) is 1. The van der Waals surface area contributed by atoms with E-state index in [4.69, 9.17) is 4.74 Å². The largest absolute Gasteiger partial charge is 0.450 e. The number of piperidine rings is 1. The van der Waals surface area contributed by atoms with Crippen molar-refractivity contribution in [3.05, 3.63) is 48.3 Å². The van der Waals surface area contributed by atoms with Gasteiger partial charge in [-0.15, -0.1) is 0 Å². The molecule has 144 valence electrons. The second kappa shape index (κ2) is 9.21. The highest BCUT2D eigenvalue weighted by molar-refractivity contribution is 5.80. The van der Waals surface area contributed by atoms with Crippen LogP contribution in [-0.2, 0) is 16.0 Å². The third-order valence-corrected chi connectivity index (χ3v) is 4.74. The van der Waals surface area contributed by atoms with Crippen molar-refractivity contribution in [2.45, 2.75) is 26.2 Å². The molecule has 1 saturated heterocycles. The lowest BCUT2D eigenvalue weighted by Gasteiger charge is -2.31. The highest BCUT2D eigenvalue weighted by atomic mass is 16.6. The van der Waals surface area contributed by atoms with Crippen molar-refractivity contribution in [1.29, 1.82) is 0 Å². The lowest BCUT2D eigenvalue weighted by atomic mass is 9.97. The molecule has 2 amide bonds. The highest BCUT2D eigenvalue weighted by Gasteiger charge is 2.28. The number of nitrogens with zero attached hydrogens (tertiary/aromatic N) is 3. The highest BCUT2D eigenvalue weighted by Crippen LogP contribution is 2.17. The summed E-state index contributed by atoms with van der Waals surface area (Å²) in [7, 11) is 0. The Kier molecular flexibility index (Phi) is 6.46. The number of carbonyl (C=O) groups is 2. The monoisotopic (exact) mass is 370 g/mol. The Labute approximate surface area is 159 Å². The molecule has 0 radical (unpaired) electrons. The van der Waals surface area contributed by atoms with E-state index in [1.807, 2.05) is 41.2 Å². The van der Waals surface area contributed by atoms with Crippen LogP contribution >= 0.6 is 0 Å². The van der Waals surface area contributed by atoms with Crippen LogP contribution in [0.2, 0.25) is 0 Å². The van der Waals surface area contributed by atoms with Gasteiger partial charge in [-0.2, -0.15) is 5.10 Å². The Morgan fingerprint density at radius 2 is 2.11 bits per heavy atom. The lowest BCUT2D eigenvalue weighted by molar-refractivity contribution is -0.126. The van der Waals surface area contributed by atoms with Gasteiger partial charge in [-0.1, -0.05) is 12.1 Å². The maximum Gasteiger partial charge on any atom is 0.409 e. The van der Waals surface area contributed by atoms with E-state index < -0.39 is 0 Å². The van der Waals surface area contributed by atoms with Gasteiger partial charge in [0.05, 0.1) is 18.2 Å². The number of carbonyl (C=O) groups excluding carboxylic acids is 2. The maximum absolute atomic E-state index is 12.4. The minimum absolute atomic E-state index is 0.0113. The molecule has 3 rings (SSSR count). The van der Waals surface area contributed by atoms with E-state index in [-0.39, 0.29) is 17.9 Å². The fourth-order valence-electron chi connectivity index (χ4n) is 3.28. The van der Waals surface area contributed by atoms with Gasteiger partial charge in [-0.25, -0.2) is 9.48 Å². The van der Waals surface area contributed by atoms with Gasteiger partial charge in [0.2, 0.25) is 5.91 Å². The summed E-state index contributed by atoms with van der Waals surface area (Å²) in [5, 5.41) is 7.21. The van der Waals surface area contributed by atoms with Gasteiger partial charge in [0.25, 0.3) is 0 Å². The number of nitrogens with one attached hydrogen (secondary N) is 1. The quantitative estimate of drug-likeness (QED) is 0.847. The molecule has 1 aliphatic rings. The summed E-state index contributed by atoms with van der Waals surface area (Å²) >= 11 is 0. The molecular weight excluding hydrogens is 344 g/mol. The Morgan fingerprint density at radius 1 is 1.30 bits per heavy atom. The van der Waals surface area contributed by atoms with Crippen LogP contribution in [0.1, 0.15) is 25.3 Å². The number of benzene rings is 1. The molecule has 0 saturated carbocycles. The van der Waals surface area contributed by atoms with E-state index in [0.29, 0.717) is 26.2 Å². The molecule has 27 heavy (non-hydrogen) atoms. The van der Waals surface area contributed by atoms with E-state index in [0.717, 1.165) is 30.5 Å². The van der Waals surface area contributed by atoms with Gasteiger partial charge in [0.1, 0.15) is 0 Å². The first-order chi connectivity index (χ1) is 13.2. The molecule has 1 atom stereocenters. The van der Waals surface area contributed by atoms with Crippen molar-refractivity contribution in [2.24, 2.45) is 5.92 Å². The molecule has 7 nitrogen and oxygen atoms in total. The van der Waals surface area contributed by atoms with Crippen LogP contribution < -0.4 is 5.32 Å². The zero-order valence-corrected chi connectivity index (χ0v) is 15.6. The summed E-state index contributed by atoms with van der Waals surface area (Å²) < 4.78 is 6.84. The third-order valence-electron chi connectivity index (χ3n) is 4.74. The average Bonchev–Trinajstić information content (AvgIpc) is 3.23. The van der Waals surface area contributed by atoms with Gasteiger partial charge in [0.15, 0.2) is 0 Å². The molecule has 1 aliphatic heterocycles. The third kappa shape index (κ3) is 5.09. The molecule has 1 aromatic carbocycles. The van der Waals surface area contributed by atoms with E-state index in [2.05, 4.69) is 10.4 Å². The molecule has 1 unspecified atom stereocenters. The summed E-state index contributed by atoms with van der Waals surface area (Å²) in [6.07, 6.45) is 5.72. The van der Waals surface area contributed by atoms with Gasteiger partial charge in [-0.3, -0.25) is 4.79 Å². The van der Waals surface area contributed by atoms with Gasteiger partial charge in [-0.05, 0) is 49.9 Å². The normalized spacial score (nSPS) is 16.8. The van der Waals surface area contributed by atoms with Crippen molar-refractivity contribution in [3.8, 4) is 5.69 Å². The van der Waals surface area contributed by atoms with E-state index in [9.17, 15) is 9.59 Å². The maximum atomic E-state index is 12.4. The van der Waals surface area contributed by atoms with Gasteiger partial charge < -0.3 is 15.0 Å². The molecule has 0 bridgehead atoms. The average molecular weight is 370 g/mol. The lowest BCUT2D eigenvalue weighted by Crippen LogP contribution is -2.45. The molecule has 7 heteroatoms. The van der Waals surface area contributed by atoms with Crippen LogP contribution in [0.4, 0.5) is 4.79 Å². The van der Waals surface area contributed by atoms with E-state index in [1.54, 1.807) is 18.0 Å². The van der Waals surface area contributed by atoms with Crippen molar-refractivity contribution in [1.82, 2.24) is 20.0 Å². The molecule has 1 fully saturated rings. The molecular formula is C20H26N4O3. The molecule has 2 heterocycles. The van der Waals surface area contributed by atoms with Crippen molar-refractivity contribution >= 4 is 12.0 Å². The number of aromatic nitrogens is 2. The summed E-state index contributed by atoms with van der Waals surface area (Å²) in [4.78, 5) is 25.9. The first-order valence-electron chi connectivity index (χ1n) is 9.45. The van der Waals surface area contributed by atoms with Gasteiger partial charge >= 0.3 is 6.09 Å². The number of rotatable bonds is 6. The predicted molar refractivity (Wildman–Crippen MR) is 102 cm³/mol. The summed E-state index contributed by atoms with van der Waals surface area (Å²) in [5.41, 5.74) is 2.16. The first-order valence-corrected chi connectivity index (χ1v) is 9.45. The van der Waals surface area contributed by atoms with Crippen molar-refractivity contribution in [2.75, 3.05) is 26.2 Å². The summed E-state index contributed by atoms with van der Waals surface area (Å²) in [6, 6.07) is 10.0. The smallest absolute Gasteiger partial charge is 0.409 e. The Morgan fingerprint density at radius 3 is 2.81 bits per heavy atom. The SMILES string of the molecule is CCOC(=O)N1CCCC(C(=O)NCCc2ccc(-n3cccn3)cc2)C1. The second-order valence-electron chi connectivity index (χ2n) is 6.64. The molecule has 2 aromatic rings. The molecule has 0 aliphatic carbocycles. The Hall–Kier alpha value is -2.83. The number of hydrogen-bond donors (Lipinski definition) is 1. The van der Waals surface area contributed by atoms with E-state index >= 15 is 0 Å². The van der Waals surface area contributed by atoms with Crippen molar-refractivity contribution in [3.63, 3.8) is 0 Å². The van der Waals surface area contributed by atoms with Crippen LogP contribution in [0, 0.1) is 5.92 Å². The second-order valence-corrected chi connectivity index (χ2v) is 6.64. The fourth-order valence-corrected chi connectivity index (χ4v) is 3.28. The Balaban J connectivity index is 1.44. The van der Waals surface area contributed by atoms with Crippen LogP contribution in [0.15, 0.2) is 42.7 Å². The van der Waals surface area contributed by atoms with Gasteiger partial charge in [0, 0.05) is 32.0 Å². The number of hydrogen-bond acceptors (Lipinski definition) is 4. The minimum atomic E-state index is -0.327. The first kappa shape index (κ1) is 18.9. The van der Waals surface area contributed by atoms with Crippen LogP contribution in [0.5, 0.6) is 0 Å². The molecule has 0 spiro atoms. The zero-order chi connectivity index (χ0) is 19.1. The van der Waals surface area contributed by atoms with Crippen LogP contribution in [0.25, 0.3) is 5.69 Å². The van der Waals surface area contributed by atoms with E-state index in [1.165, 1.54) is 0 Å². The van der Waals surface area contributed by atoms with Crippen LogP contribution in [-0.4, -0.2) is 52.9 Å². The molecule has 1 aromatic heterocycles. The Bertz CT molecular complexity index is 743. The topological polar surface area (TPSA) is 76.5 Å². The summed E-state index contributed by atoms with van der Waals surface area (Å²) in [5.74, 6) is -0.150. The minimum Gasteiger partial charge on any atom is -0.450 e. The zero-order valence-electron chi connectivity index (χ0n) is 15.6. The summed E-state index contributed by atoms with van der Waals surface area (Å²) in [6.45, 7) is 3.81. The van der Waals surface area contributed by atoms with Crippen molar-refractivity contribution < 1.29 is 14.3 Å². The van der Waals surface area contributed by atoms with Crippen LogP contribution in [0.3, 0.4) is 0 Å². The molecule has 1 N–H and O–H groups in total. The predicted octanol–water partition coefficient (Wildman–Crippen LogP) is 2.40. The standard InChI is InChI=1S/C20H26N4O3/c1-2-27-20(26)23-13-3-5-17(15-23)19(25)21-12-10-16-6-8-18(9-7-16)24-14-4-11-22-24/h4,6-9,11,14,17H,2-3,5,10,12-13,15H2,1H3,(H,21,25).